The topological polar surface area (TPSA) is 86.8 Å². The van der Waals surface area contributed by atoms with Gasteiger partial charge in [0.05, 0.1) is 9.79 Å². The molecular weight excluding hydrogens is 590 g/mol. The van der Waals surface area contributed by atoms with E-state index in [1.807, 2.05) is 42.5 Å². The minimum atomic E-state index is -3.86. The molecule has 0 amide bonds. The number of piperidine rings is 1. The zero-order chi connectivity index (χ0) is 29.6. The first-order valence-corrected chi connectivity index (χ1v) is 18.1. The van der Waals surface area contributed by atoms with Crippen molar-refractivity contribution in [3.05, 3.63) is 95.0 Å². The molecule has 0 bridgehead atoms. The molecule has 0 atom stereocenters. The Morgan fingerprint density at radius 3 is 1.88 bits per heavy atom. The van der Waals surface area contributed by atoms with Crippen LogP contribution in [0.15, 0.2) is 88.7 Å². The van der Waals surface area contributed by atoms with Crippen LogP contribution in [0.2, 0.25) is 5.02 Å². The van der Waals surface area contributed by atoms with Crippen LogP contribution in [-0.4, -0.2) is 51.1 Å². The molecule has 1 aliphatic heterocycles. The Morgan fingerprint density at radius 2 is 1.26 bits per heavy atom. The van der Waals surface area contributed by atoms with Crippen LogP contribution in [-0.2, 0) is 33.1 Å². The largest absolute Gasteiger partial charge is 0.317 e. The molecule has 2 aliphatic rings. The minimum absolute atomic E-state index is 0.0922. The van der Waals surface area contributed by atoms with Gasteiger partial charge in [-0.25, -0.2) is 16.8 Å². The number of nitrogens with zero attached hydrogens (tertiary/aromatic N) is 2. The van der Waals surface area contributed by atoms with Crippen LogP contribution in [0.5, 0.6) is 0 Å². The lowest BCUT2D eigenvalue weighted by Gasteiger charge is -2.29. The maximum absolute atomic E-state index is 13.9. The molecule has 0 unspecified atom stereocenters. The van der Waals surface area contributed by atoms with Gasteiger partial charge in [-0.15, -0.1) is 0 Å². The third kappa shape index (κ3) is 7.62. The highest BCUT2D eigenvalue weighted by molar-refractivity contribution is 7.89. The predicted octanol–water partition coefficient (Wildman–Crippen LogP) is 6.05. The molecule has 1 aliphatic carbocycles. The van der Waals surface area contributed by atoms with Crippen LogP contribution in [0.1, 0.15) is 56.1 Å². The van der Waals surface area contributed by atoms with Crippen LogP contribution in [0.3, 0.4) is 0 Å². The highest BCUT2D eigenvalue weighted by Gasteiger charge is 2.34. The van der Waals surface area contributed by atoms with E-state index in [1.165, 1.54) is 24.3 Å². The predicted molar refractivity (Wildman–Crippen MR) is 167 cm³/mol. The third-order valence-electron chi connectivity index (χ3n) is 8.50. The van der Waals surface area contributed by atoms with Gasteiger partial charge in [0, 0.05) is 30.7 Å². The maximum atomic E-state index is 13.9. The van der Waals surface area contributed by atoms with Gasteiger partial charge in [-0.05, 0) is 98.6 Å². The molecule has 2 fully saturated rings. The zero-order valence-electron chi connectivity index (χ0n) is 23.9. The van der Waals surface area contributed by atoms with E-state index < -0.39 is 20.0 Å². The molecular formula is C32H40ClN3O4S2. The molecule has 7 nitrogen and oxygen atoms in total. The van der Waals surface area contributed by atoms with E-state index in [0.717, 1.165) is 69.2 Å². The summed E-state index contributed by atoms with van der Waals surface area (Å²) in [5.41, 5.74) is 1.78. The second-order valence-corrected chi connectivity index (χ2v) is 15.7. The Kier molecular flexibility index (Phi) is 10.4. The number of nitrogens with one attached hydrogen (secondary N) is 1. The quantitative estimate of drug-likeness (QED) is 0.263. The highest BCUT2D eigenvalue weighted by atomic mass is 35.5. The van der Waals surface area contributed by atoms with Gasteiger partial charge >= 0.3 is 0 Å². The summed E-state index contributed by atoms with van der Waals surface area (Å²) in [7, 11) is -7.72. The van der Waals surface area contributed by atoms with E-state index >= 15 is 0 Å². The number of hydrogen-bond donors (Lipinski definition) is 1. The van der Waals surface area contributed by atoms with Crippen molar-refractivity contribution >= 4 is 31.6 Å². The SMILES string of the molecule is O=S(=O)(c1ccc(S(=O)(=O)N(Cc2ccc(Cl)cc2)C2CCCC2)cc1)N(CCC1CCNCC1)Cc1ccccc1. The molecule has 0 spiro atoms. The van der Waals surface area contributed by atoms with Crippen molar-refractivity contribution in [3.63, 3.8) is 0 Å². The smallest absolute Gasteiger partial charge is 0.243 e. The Balaban J connectivity index is 1.38. The van der Waals surface area contributed by atoms with Gasteiger partial charge in [-0.3, -0.25) is 0 Å². The van der Waals surface area contributed by atoms with Crippen LogP contribution >= 0.6 is 11.6 Å². The standard InChI is InChI=1S/C32H40ClN3O4S2/c33-29-12-10-28(11-13-29)25-36(30-8-4-5-9-30)42(39,40)32-16-14-31(15-17-32)41(37,38)35(24-27-6-2-1-3-7-27)23-20-26-18-21-34-22-19-26/h1-3,6-7,10-17,26,30,34H,4-5,8-9,18-25H2. The molecule has 3 aromatic rings. The normalized spacial score (nSPS) is 17.3. The van der Waals surface area contributed by atoms with Crippen LogP contribution in [0.25, 0.3) is 0 Å². The maximum Gasteiger partial charge on any atom is 0.243 e. The molecule has 42 heavy (non-hydrogen) atoms. The lowest BCUT2D eigenvalue weighted by molar-refractivity contribution is 0.307. The average Bonchev–Trinajstić information content (AvgIpc) is 3.54. The van der Waals surface area contributed by atoms with Crippen LogP contribution in [0, 0.1) is 5.92 Å². The van der Waals surface area contributed by atoms with E-state index in [0.29, 0.717) is 17.5 Å². The number of rotatable bonds is 12. The van der Waals surface area contributed by atoms with Crippen molar-refractivity contribution in [1.29, 1.82) is 0 Å². The number of benzene rings is 3. The first kappa shape index (κ1) is 31.2. The van der Waals surface area contributed by atoms with Crippen molar-refractivity contribution in [2.45, 2.75) is 73.9 Å². The Bertz CT molecular complexity index is 1500. The first-order valence-electron chi connectivity index (χ1n) is 14.8. The van der Waals surface area contributed by atoms with Crippen LogP contribution in [0.4, 0.5) is 0 Å². The number of hydrogen-bond acceptors (Lipinski definition) is 5. The summed E-state index contributed by atoms with van der Waals surface area (Å²) in [6, 6.07) is 22.5. The molecule has 1 heterocycles. The number of halogens is 1. The Labute approximate surface area is 256 Å². The van der Waals surface area contributed by atoms with Gasteiger partial charge in [0.1, 0.15) is 0 Å². The van der Waals surface area contributed by atoms with Crippen molar-refractivity contribution < 1.29 is 16.8 Å². The fraction of sp³-hybridized carbons (Fsp3) is 0.438. The minimum Gasteiger partial charge on any atom is -0.317 e. The molecule has 1 saturated carbocycles. The van der Waals surface area contributed by atoms with E-state index in [2.05, 4.69) is 5.32 Å². The highest BCUT2D eigenvalue weighted by Crippen LogP contribution is 2.31. The molecule has 5 rings (SSSR count). The molecule has 3 aromatic carbocycles. The zero-order valence-corrected chi connectivity index (χ0v) is 26.3. The first-order chi connectivity index (χ1) is 20.2. The van der Waals surface area contributed by atoms with E-state index in [1.54, 1.807) is 20.7 Å². The summed E-state index contributed by atoms with van der Waals surface area (Å²) < 4.78 is 58.8. The summed E-state index contributed by atoms with van der Waals surface area (Å²) in [6.07, 6.45) is 6.47. The van der Waals surface area contributed by atoms with Gasteiger partial charge in [-0.2, -0.15) is 8.61 Å². The molecule has 226 valence electrons. The van der Waals surface area contributed by atoms with Crippen molar-refractivity contribution in [3.8, 4) is 0 Å². The Morgan fingerprint density at radius 1 is 0.690 bits per heavy atom. The van der Waals surface area contributed by atoms with E-state index in [4.69, 9.17) is 11.6 Å². The molecule has 0 radical (unpaired) electrons. The monoisotopic (exact) mass is 629 g/mol. The lowest BCUT2D eigenvalue weighted by Crippen LogP contribution is -2.38. The van der Waals surface area contributed by atoms with Crippen molar-refractivity contribution in [2.75, 3.05) is 19.6 Å². The summed E-state index contributed by atoms with van der Waals surface area (Å²) in [5.74, 6) is 0.481. The van der Waals surface area contributed by atoms with Gasteiger partial charge in [-0.1, -0.05) is 66.9 Å². The molecule has 1 saturated heterocycles. The van der Waals surface area contributed by atoms with E-state index in [-0.39, 0.29) is 28.9 Å². The lowest BCUT2D eigenvalue weighted by atomic mass is 9.95. The van der Waals surface area contributed by atoms with Gasteiger partial charge in [0.15, 0.2) is 0 Å². The molecule has 10 heteroatoms. The number of sulfonamides is 2. The summed E-state index contributed by atoms with van der Waals surface area (Å²) >= 11 is 6.05. The fourth-order valence-corrected chi connectivity index (χ4v) is 9.25. The van der Waals surface area contributed by atoms with Gasteiger partial charge in [0.25, 0.3) is 0 Å². The summed E-state index contributed by atoms with van der Waals surface area (Å²) in [6.45, 7) is 2.85. The Hall–Kier alpha value is -2.27. The van der Waals surface area contributed by atoms with Gasteiger partial charge < -0.3 is 5.32 Å². The second kappa shape index (κ2) is 14.0. The summed E-state index contributed by atoms with van der Waals surface area (Å²) in [4.78, 5) is 0.208. The third-order valence-corrected chi connectivity index (χ3v) is 12.5. The second-order valence-electron chi connectivity index (χ2n) is 11.4. The van der Waals surface area contributed by atoms with Gasteiger partial charge in [0.2, 0.25) is 20.0 Å². The average molecular weight is 630 g/mol. The molecule has 0 aromatic heterocycles. The van der Waals surface area contributed by atoms with Crippen LogP contribution < -0.4 is 5.32 Å². The fourth-order valence-electron chi connectivity index (χ4n) is 6.01. The summed E-state index contributed by atoms with van der Waals surface area (Å²) in [5, 5.41) is 3.97. The van der Waals surface area contributed by atoms with Crippen molar-refractivity contribution in [1.82, 2.24) is 13.9 Å². The van der Waals surface area contributed by atoms with E-state index in [9.17, 15) is 16.8 Å². The van der Waals surface area contributed by atoms with Crippen molar-refractivity contribution in [2.24, 2.45) is 5.92 Å². The molecule has 1 N–H and O–H groups in total.